The van der Waals surface area contributed by atoms with E-state index in [4.69, 9.17) is 4.74 Å². The molecule has 0 aromatic heterocycles. The fourth-order valence-corrected chi connectivity index (χ4v) is 1.75. The van der Waals surface area contributed by atoms with Gasteiger partial charge in [-0.1, -0.05) is 13.3 Å². The third-order valence-corrected chi connectivity index (χ3v) is 2.82. The fourth-order valence-electron chi connectivity index (χ4n) is 1.75. The standard InChI is InChI=1S/C14H28N2O3/c1-5-8-11(3)16-14(18)12(4)15-10-7-9-13(17)19-6-2/h11-12,15H,5-10H2,1-4H3,(H,16,18). The minimum Gasteiger partial charge on any atom is -0.466 e. The van der Waals surface area contributed by atoms with E-state index in [1.165, 1.54) is 0 Å². The highest BCUT2D eigenvalue weighted by atomic mass is 16.5. The van der Waals surface area contributed by atoms with Gasteiger partial charge in [-0.15, -0.1) is 0 Å². The molecule has 5 heteroatoms. The normalized spacial score (nSPS) is 13.7. The molecule has 0 rings (SSSR count). The second kappa shape index (κ2) is 10.8. The van der Waals surface area contributed by atoms with Crippen LogP contribution in [0.3, 0.4) is 0 Å². The molecule has 0 aromatic carbocycles. The fraction of sp³-hybridized carbons (Fsp3) is 0.857. The van der Waals surface area contributed by atoms with Gasteiger partial charge in [0.05, 0.1) is 12.6 Å². The molecule has 0 saturated heterocycles. The van der Waals surface area contributed by atoms with Gasteiger partial charge in [-0.2, -0.15) is 0 Å². The lowest BCUT2D eigenvalue weighted by Crippen LogP contribution is -2.45. The third kappa shape index (κ3) is 9.47. The summed E-state index contributed by atoms with van der Waals surface area (Å²) in [5.41, 5.74) is 0. The Morgan fingerprint density at radius 1 is 1.21 bits per heavy atom. The first kappa shape index (κ1) is 17.9. The van der Waals surface area contributed by atoms with Gasteiger partial charge in [0.15, 0.2) is 0 Å². The number of carbonyl (C=O) groups is 2. The molecule has 0 aliphatic heterocycles. The van der Waals surface area contributed by atoms with Gasteiger partial charge in [-0.05, 0) is 40.2 Å². The largest absolute Gasteiger partial charge is 0.466 e. The summed E-state index contributed by atoms with van der Waals surface area (Å²) in [6, 6.07) is -0.0252. The van der Waals surface area contributed by atoms with Crippen LogP contribution in [0, 0.1) is 0 Å². The summed E-state index contributed by atoms with van der Waals surface area (Å²) >= 11 is 0. The molecule has 2 N–H and O–H groups in total. The zero-order valence-electron chi connectivity index (χ0n) is 12.6. The summed E-state index contributed by atoms with van der Waals surface area (Å²) in [6.45, 7) is 8.78. The van der Waals surface area contributed by atoms with Gasteiger partial charge in [0, 0.05) is 12.5 Å². The Balaban J connectivity index is 3.70. The van der Waals surface area contributed by atoms with Crippen molar-refractivity contribution in [3.8, 4) is 0 Å². The van der Waals surface area contributed by atoms with E-state index in [0.29, 0.717) is 26.0 Å². The lowest BCUT2D eigenvalue weighted by atomic mass is 10.2. The molecule has 19 heavy (non-hydrogen) atoms. The number of hydrogen-bond donors (Lipinski definition) is 2. The van der Waals surface area contributed by atoms with Gasteiger partial charge in [-0.3, -0.25) is 9.59 Å². The zero-order valence-corrected chi connectivity index (χ0v) is 12.6. The SMILES string of the molecule is CCCC(C)NC(=O)C(C)NCCCC(=O)OCC. The highest BCUT2D eigenvalue weighted by molar-refractivity contribution is 5.81. The lowest BCUT2D eigenvalue weighted by Gasteiger charge is -2.18. The highest BCUT2D eigenvalue weighted by Crippen LogP contribution is 1.96. The maximum Gasteiger partial charge on any atom is 0.305 e. The Labute approximate surface area is 116 Å². The molecule has 0 saturated carbocycles. The van der Waals surface area contributed by atoms with Gasteiger partial charge in [-0.25, -0.2) is 0 Å². The Bertz CT molecular complexity index is 269. The topological polar surface area (TPSA) is 67.4 Å². The third-order valence-electron chi connectivity index (χ3n) is 2.82. The van der Waals surface area contributed by atoms with Gasteiger partial charge in [0.2, 0.25) is 5.91 Å². The molecule has 0 radical (unpaired) electrons. The van der Waals surface area contributed by atoms with Crippen LogP contribution in [-0.4, -0.2) is 37.1 Å². The van der Waals surface area contributed by atoms with Crippen LogP contribution in [0.5, 0.6) is 0 Å². The number of nitrogens with one attached hydrogen (secondary N) is 2. The van der Waals surface area contributed by atoms with Crippen LogP contribution >= 0.6 is 0 Å². The van der Waals surface area contributed by atoms with Crippen molar-refractivity contribution in [2.75, 3.05) is 13.2 Å². The predicted molar refractivity (Wildman–Crippen MR) is 75.8 cm³/mol. The summed E-state index contributed by atoms with van der Waals surface area (Å²) in [5.74, 6) is -0.171. The molecule has 1 amide bonds. The summed E-state index contributed by atoms with van der Waals surface area (Å²) in [6.07, 6.45) is 3.12. The monoisotopic (exact) mass is 272 g/mol. The van der Waals surface area contributed by atoms with Gasteiger partial charge < -0.3 is 15.4 Å². The lowest BCUT2D eigenvalue weighted by molar-refractivity contribution is -0.143. The summed E-state index contributed by atoms with van der Waals surface area (Å²) in [7, 11) is 0. The van der Waals surface area contributed by atoms with E-state index < -0.39 is 0 Å². The number of rotatable bonds is 10. The molecule has 2 atom stereocenters. The van der Waals surface area contributed by atoms with E-state index in [1.54, 1.807) is 6.92 Å². The van der Waals surface area contributed by atoms with E-state index in [1.807, 2.05) is 13.8 Å². The molecule has 0 spiro atoms. The van der Waals surface area contributed by atoms with E-state index in [0.717, 1.165) is 12.8 Å². The molecule has 112 valence electrons. The average molecular weight is 272 g/mol. The quantitative estimate of drug-likeness (QED) is 0.468. The van der Waals surface area contributed by atoms with Crippen LogP contribution in [0.2, 0.25) is 0 Å². The van der Waals surface area contributed by atoms with Crippen LogP contribution in [0.15, 0.2) is 0 Å². The van der Waals surface area contributed by atoms with E-state index >= 15 is 0 Å². The smallest absolute Gasteiger partial charge is 0.305 e. The maximum absolute atomic E-state index is 11.8. The molecule has 2 unspecified atom stereocenters. The molecule has 0 aliphatic rings. The first-order chi connectivity index (χ1) is 9.01. The summed E-state index contributed by atoms with van der Waals surface area (Å²) in [5, 5.41) is 6.06. The molecule has 0 bridgehead atoms. The van der Waals surface area contributed by atoms with Crippen LogP contribution in [-0.2, 0) is 14.3 Å². The number of carbonyl (C=O) groups excluding carboxylic acids is 2. The Hall–Kier alpha value is -1.10. The van der Waals surface area contributed by atoms with Crippen molar-refractivity contribution >= 4 is 11.9 Å². The van der Waals surface area contributed by atoms with Gasteiger partial charge in [0.25, 0.3) is 0 Å². The van der Waals surface area contributed by atoms with Gasteiger partial charge in [0.1, 0.15) is 0 Å². The minimum atomic E-state index is -0.235. The average Bonchev–Trinajstić information content (AvgIpc) is 2.34. The van der Waals surface area contributed by atoms with Crippen LogP contribution in [0.1, 0.15) is 53.4 Å². The second-order valence-electron chi connectivity index (χ2n) is 4.78. The van der Waals surface area contributed by atoms with Crippen molar-refractivity contribution in [2.24, 2.45) is 0 Å². The van der Waals surface area contributed by atoms with E-state index in [2.05, 4.69) is 17.6 Å². The molecular weight excluding hydrogens is 244 g/mol. The summed E-state index contributed by atoms with van der Waals surface area (Å²) < 4.78 is 4.83. The first-order valence-electron chi connectivity index (χ1n) is 7.20. The summed E-state index contributed by atoms with van der Waals surface area (Å²) in [4.78, 5) is 22.9. The van der Waals surface area contributed by atoms with Crippen LogP contribution in [0.4, 0.5) is 0 Å². The molecule has 0 aliphatic carbocycles. The number of ether oxygens (including phenoxy) is 1. The van der Waals surface area contributed by atoms with Crippen molar-refractivity contribution < 1.29 is 14.3 Å². The number of esters is 1. The van der Waals surface area contributed by atoms with Crippen LogP contribution < -0.4 is 10.6 Å². The van der Waals surface area contributed by atoms with Crippen molar-refractivity contribution in [1.82, 2.24) is 10.6 Å². The van der Waals surface area contributed by atoms with Crippen molar-refractivity contribution in [3.05, 3.63) is 0 Å². The highest BCUT2D eigenvalue weighted by Gasteiger charge is 2.14. The molecule has 0 heterocycles. The van der Waals surface area contributed by atoms with E-state index in [9.17, 15) is 9.59 Å². The van der Waals surface area contributed by atoms with Gasteiger partial charge >= 0.3 is 5.97 Å². The minimum absolute atomic E-state index is 0.0112. The zero-order chi connectivity index (χ0) is 14.7. The van der Waals surface area contributed by atoms with Crippen LogP contribution in [0.25, 0.3) is 0 Å². The first-order valence-corrected chi connectivity index (χ1v) is 7.20. The molecule has 0 fully saturated rings. The van der Waals surface area contributed by atoms with Crippen molar-refractivity contribution in [1.29, 1.82) is 0 Å². The second-order valence-corrected chi connectivity index (χ2v) is 4.78. The number of hydrogen-bond acceptors (Lipinski definition) is 4. The predicted octanol–water partition coefficient (Wildman–Crippen LogP) is 1.61. The molecule has 5 nitrogen and oxygen atoms in total. The van der Waals surface area contributed by atoms with Crippen molar-refractivity contribution in [3.63, 3.8) is 0 Å². The molecular formula is C14H28N2O3. The van der Waals surface area contributed by atoms with Crippen molar-refractivity contribution in [2.45, 2.75) is 65.5 Å². The Morgan fingerprint density at radius 3 is 2.47 bits per heavy atom. The van der Waals surface area contributed by atoms with E-state index in [-0.39, 0.29) is 24.0 Å². The Kier molecular flexibility index (Phi) is 10.2. The molecule has 0 aromatic rings. The maximum atomic E-state index is 11.8. The Morgan fingerprint density at radius 2 is 1.89 bits per heavy atom. The number of amides is 1.